The predicted molar refractivity (Wildman–Crippen MR) is 107 cm³/mol. The van der Waals surface area contributed by atoms with Crippen molar-refractivity contribution < 1.29 is 8.42 Å². The van der Waals surface area contributed by atoms with E-state index in [1.54, 1.807) is 10.4 Å². The summed E-state index contributed by atoms with van der Waals surface area (Å²) in [7, 11) is -3.43. The van der Waals surface area contributed by atoms with Gasteiger partial charge in [0.15, 0.2) is 0 Å². The van der Waals surface area contributed by atoms with Crippen LogP contribution in [0.25, 0.3) is 0 Å². The molecule has 0 N–H and O–H groups in total. The minimum atomic E-state index is -3.43. The van der Waals surface area contributed by atoms with Gasteiger partial charge in [0.2, 0.25) is 10.0 Å². The SMILES string of the molecule is Cc1ccc(S(=O)(=O)N2CCN(c3ccccc3C(C)C)CC2)c(C)c1. The fraction of sp³-hybridized carbons (Fsp3) is 0.429. The van der Waals surface area contributed by atoms with Crippen LogP contribution < -0.4 is 4.90 Å². The van der Waals surface area contributed by atoms with E-state index < -0.39 is 10.0 Å². The zero-order valence-electron chi connectivity index (χ0n) is 16.1. The third-order valence-electron chi connectivity index (χ3n) is 5.09. The fourth-order valence-corrected chi connectivity index (χ4v) is 5.29. The van der Waals surface area contributed by atoms with E-state index in [0.717, 1.165) is 11.1 Å². The van der Waals surface area contributed by atoms with Gasteiger partial charge in [-0.2, -0.15) is 4.31 Å². The second-order valence-corrected chi connectivity index (χ2v) is 9.28. The molecule has 26 heavy (non-hydrogen) atoms. The molecule has 4 nitrogen and oxygen atoms in total. The van der Waals surface area contributed by atoms with Crippen LogP contribution in [0.2, 0.25) is 0 Å². The second-order valence-electron chi connectivity index (χ2n) is 7.37. The second kappa shape index (κ2) is 7.41. The maximum Gasteiger partial charge on any atom is 0.243 e. The highest BCUT2D eigenvalue weighted by molar-refractivity contribution is 7.89. The lowest BCUT2D eigenvalue weighted by molar-refractivity contribution is 0.384. The van der Waals surface area contributed by atoms with Crippen LogP contribution in [0.15, 0.2) is 47.4 Å². The number of piperazine rings is 1. The molecule has 0 aromatic heterocycles. The first-order valence-electron chi connectivity index (χ1n) is 9.22. The van der Waals surface area contributed by atoms with E-state index in [1.807, 2.05) is 26.0 Å². The van der Waals surface area contributed by atoms with Gasteiger partial charge in [0.05, 0.1) is 4.90 Å². The number of nitrogens with zero attached hydrogens (tertiary/aromatic N) is 2. The molecule has 1 fully saturated rings. The summed E-state index contributed by atoms with van der Waals surface area (Å²) in [5.74, 6) is 0.447. The Morgan fingerprint density at radius 2 is 1.58 bits per heavy atom. The molecule has 0 radical (unpaired) electrons. The number of hydrogen-bond donors (Lipinski definition) is 0. The molecule has 140 valence electrons. The van der Waals surface area contributed by atoms with E-state index >= 15 is 0 Å². The summed E-state index contributed by atoms with van der Waals surface area (Å²) >= 11 is 0. The van der Waals surface area contributed by atoms with Crippen LogP contribution in [0.3, 0.4) is 0 Å². The van der Waals surface area contributed by atoms with Gasteiger partial charge in [-0.3, -0.25) is 0 Å². The fourth-order valence-electron chi connectivity index (χ4n) is 3.66. The Balaban J connectivity index is 1.78. The molecule has 0 aliphatic carbocycles. The standard InChI is InChI=1S/C21H28N2O2S/c1-16(2)19-7-5-6-8-20(19)22-11-13-23(14-12-22)26(24,25)21-10-9-17(3)15-18(21)4/h5-10,15-16H,11-14H2,1-4H3. The average molecular weight is 373 g/mol. The van der Waals surface area contributed by atoms with Crippen molar-refractivity contribution in [2.24, 2.45) is 0 Å². The molecule has 1 heterocycles. The highest BCUT2D eigenvalue weighted by Crippen LogP contribution is 2.29. The van der Waals surface area contributed by atoms with Crippen molar-refractivity contribution in [3.05, 3.63) is 59.2 Å². The molecule has 1 aliphatic heterocycles. The molecule has 3 rings (SSSR count). The van der Waals surface area contributed by atoms with Gasteiger partial charge in [-0.1, -0.05) is 49.7 Å². The summed E-state index contributed by atoms with van der Waals surface area (Å²) in [5, 5.41) is 0. The molecule has 2 aromatic carbocycles. The van der Waals surface area contributed by atoms with Crippen LogP contribution in [0.5, 0.6) is 0 Å². The molecule has 2 aromatic rings. The Labute approximate surface area is 157 Å². The minimum Gasteiger partial charge on any atom is -0.369 e. The summed E-state index contributed by atoms with van der Waals surface area (Å²) in [6.45, 7) is 10.7. The number of benzene rings is 2. The monoisotopic (exact) mass is 372 g/mol. The molecular formula is C21H28N2O2S. The molecule has 0 atom stereocenters. The molecule has 0 amide bonds. The third kappa shape index (κ3) is 3.64. The highest BCUT2D eigenvalue weighted by Gasteiger charge is 2.30. The molecule has 0 bridgehead atoms. The van der Waals surface area contributed by atoms with E-state index in [0.29, 0.717) is 37.0 Å². The van der Waals surface area contributed by atoms with Crippen molar-refractivity contribution in [3.8, 4) is 0 Å². The predicted octanol–water partition coefficient (Wildman–Crippen LogP) is 3.94. The summed E-state index contributed by atoms with van der Waals surface area (Å²) in [6, 6.07) is 14.0. The van der Waals surface area contributed by atoms with Crippen molar-refractivity contribution in [2.45, 2.75) is 38.5 Å². The van der Waals surface area contributed by atoms with Gasteiger partial charge < -0.3 is 4.90 Å². The lowest BCUT2D eigenvalue weighted by Gasteiger charge is -2.37. The number of aryl methyl sites for hydroxylation is 2. The Bertz CT molecular complexity index is 883. The van der Waals surface area contributed by atoms with Gasteiger partial charge >= 0.3 is 0 Å². The van der Waals surface area contributed by atoms with E-state index in [4.69, 9.17) is 0 Å². The van der Waals surface area contributed by atoms with E-state index in [-0.39, 0.29) is 0 Å². The number of para-hydroxylation sites is 1. The number of anilines is 1. The zero-order valence-corrected chi connectivity index (χ0v) is 16.9. The third-order valence-corrected chi connectivity index (χ3v) is 7.15. The first-order valence-corrected chi connectivity index (χ1v) is 10.7. The summed E-state index contributed by atoms with van der Waals surface area (Å²) in [6.07, 6.45) is 0. The van der Waals surface area contributed by atoms with Crippen LogP contribution in [-0.2, 0) is 10.0 Å². The van der Waals surface area contributed by atoms with Crippen LogP contribution in [-0.4, -0.2) is 38.9 Å². The maximum absolute atomic E-state index is 13.0. The molecule has 1 saturated heterocycles. The van der Waals surface area contributed by atoms with Crippen molar-refractivity contribution in [1.82, 2.24) is 4.31 Å². The molecular weight excluding hydrogens is 344 g/mol. The van der Waals surface area contributed by atoms with Gasteiger partial charge in [-0.05, 0) is 43.0 Å². The van der Waals surface area contributed by atoms with Crippen molar-refractivity contribution in [3.63, 3.8) is 0 Å². The first-order chi connectivity index (χ1) is 12.3. The Morgan fingerprint density at radius 1 is 0.923 bits per heavy atom. The highest BCUT2D eigenvalue weighted by atomic mass is 32.2. The number of hydrogen-bond acceptors (Lipinski definition) is 3. The molecule has 5 heteroatoms. The molecule has 0 spiro atoms. The first kappa shape index (κ1) is 18.9. The smallest absolute Gasteiger partial charge is 0.243 e. The number of rotatable bonds is 4. The summed E-state index contributed by atoms with van der Waals surface area (Å²) < 4.78 is 27.7. The molecule has 0 unspecified atom stereocenters. The van der Waals surface area contributed by atoms with Gasteiger partial charge in [-0.25, -0.2) is 8.42 Å². The van der Waals surface area contributed by atoms with Crippen molar-refractivity contribution >= 4 is 15.7 Å². The van der Waals surface area contributed by atoms with Crippen molar-refractivity contribution in [1.29, 1.82) is 0 Å². The largest absolute Gasteiger partial charge is 0.369 e. The topological polar surface area (TPSA) is 40.6 Å². The van der Waals surface area contributed by atoms with Gasteiger partial charge in [0, 0.05) is 31.9 Å². The van der Waals surface area contributed by atoms with Gasteiger partial charge in [-0.15, -0.1) is 0 Å². The summed E-state index contributed by atoms with van der Waals surface area (Å²) in [4.78, 5) is 2.74. The van der Waals surface area contributed by atoms with E-state index in [1.165, 1.54) is 11.3 Å². The quantitative estimate of drug-likeness (QED) is 0.816. The molecule has 1 aliphatic rings. The molecule has 0 saturated carbocycles. The van der Waals surface area contributed by atoms with Crippen LogP contribution in [0, 0.1) is 13.8 Å². The zero-order chi connectivity index (χ0) is 18.9. The average Bonchev–Trinajstić information content (AvgIpc) is 2.61. The minimum absolute atomic E-state index is 0.430. The van der Waals surface area contributed by atoms with Crippen LogP contribution in [0.4, 0.5) is 5.69 Å². The van der Waals surface area contributed by atoms with Crippen molar-refractivity contribution in [2.75, 3.05) is 31.1 Å². The Morgan fingerprint density at radius 3 is 2.19 bits per heavy atom. The number of sulfonamides is 1. The van der Waals surface area contributed by atoms with Crippen LogP contribution in [0.1, 0.15) is 36.5 Å². The lowest BCUT2D eigenvalue weighted by atomic mass is 10.00. The normalized spacial score (nSPS) is 16.3. The van der Waals surface area contributed by atoms with Gasteiger partial charge in [0.25, 0.3) is 0 Å². The Kier molecular flexibility index (Phi) is 5.39. The Hall–Kier alpha value is -1.85. The van der Waals surface area contributed by atoms with E-state index in [2.05, 4.69) is 43.0 Å². The van der Waals surface area contributed by atoms with E-state index in [9.17, 15) is 8.42 Å². The maximum atomic E-state index is 13.0. The summed E-state index contributed by atoms with van der Waals surface area (Å²) in [5.41, 5.74) is 4.44. The lowest BCUT2D eigenvalue weighted by Crippen LogP contribution is -2.49. The van der Waals surface area contributed by atoms with Crippen LogP contribution >= 0.6 is 0 Å². The van der Waals surface area contributed by atoms with Gasteiger partial charge in [0.1, 0.15) is 0 Å².